The second-order valence-corrected chi connectivity index (χ2v) is 5.28. The smallest absolute Gasteiger partial charge is 0.346 e. The summed E-state index contributed by atoms with van der Waals surface area (Å²) < 4.78 is 8.22. The van der Waals surface area contributed by atoms with Crippen LogP contribution in [0.4, 0.5) is 0 Å². The van der Waals surface area contributed by atoms with Gasteiger partial charge in [-0.25, -0.2) is 9.48 Å². The molecule has 0 spiro atoms. The minimum atomic E-state index is -0.0685. The number of nitrogens with zero attached hydrogens (tertiary/aromatic N) is 3. The monoisotopic (exact) mass is 293 g/mol. The Labute approximate surface area is 121 Å². The second-order valence-electron chi connectivity index (χ2n) is 4.87. The van der Waals surface area contributed by atoms with Crippen molar-refractivity contribution in [1.82, 2.24) is 14.3 Å². The summed E-state index contributed by atoms with van der Waals surface area (Å²) in [7, 11) is 1.61. The van der Waals surface area contributed by atoms with Gasteiger partial charge in [0.15, 0.2) is 0 Å². The molecule has 0 radical (unpaired) electrons. The fourth-order valence-electron chi connectivity index (χ4n) is 2.59. The Balaban J connectivity index is 2.00. The van der Waals surface area contributed by atoms with Crippen molar-refractivity contribution in [3.05, 3.63) is 50.7 Å². The molecule has 0 atom stereocenters. The van der Waals surface area contributed by atoms with E-state index in [0.29, 0.717) is 26.1 Å². The van der Waals surface area contributed by atoms with Crippen LogP contribution < -0.4 is 5.69 Å². The first-order chi connectivity index (χ1) is 9.70. The third-order valence-corrected chi connectivity index (χ3v) is 4.02. The fourth-order valence-corrected chi connectivity index (χ4v) is 2.85. The number of aryl methyl sites for hydroxylation is 1. The van der Waals surface area contributed by atoms with E-state index in [1.165, 1.54) is 10.2 Å². The zero-order valence-corrected chi connectivity index (χ0v) is 12.1. The van der Waals surface area contributed by atoms with Crippen LogP contribution in [0.1, 0.15) is 17.0 Å². The molecule has 0 saturated carbocycles. The summed E-state index contributed by atoms with van der Waals surface area (Å²) in [5.41, 5.74) is 2.21. The van der Waals surface area contributed by atoms with E-state index in [1.807, 2.05) is 12.1 Å². The molecule has 0 saturated heterocycles. The minimum absolute atomic E-state index is 0.0685. The first kappa shape index (κ1) is 13.4. The van der Waals surface area contributed by atoms with Crippen LogP contribution in [0.5, 0.6) is 0 Å². The van der Waals surface area contributed by atoms with Gasteiger partial charge in [-0.15, -0.1) is 0 Å². The Morgan fingerprint density at radius 1 is 1.45 bits per heavy atom. The van der Waals surface area contributed by atoms with Gasteiger partial charge in [0.25, 0.3) is 0 Å². The molecular formula is C14H16ClN3O2. The SMILES string of the molecule is COCCn1nc2n(c1=O)CCc1cccc(Cl)c1C2. The molecule has 1 aromatic carbocycles. The van der Waals surface area contributed by atoms with Gasteiger partial charge in [-0.2, -0.15) is 5.10 Å². The molecule has 0 bridgehead atoms. The van der Waals surface area contributed by atoms with E-state index in [0.717, 1.165) is 22.8 Å². The molecule has 0 aliphatic carbocycles. The number of methoxy groups -OCH3 is 1. The molecule has 0 amide bonds. The summed E-state index contributed by atoms with van der Waals surface area (Å²) in [4.78, 5) is 12.3. The van der Waals surface area contributed by atoms with Crippen molar-refractivity contribution in [3.63, 3.8) is 0 Å². The van der Waals surface area contributed by atoms with Crippen LogP contribution in [0, 0.1) is 0 Å². The third kappa shape index (κ3) is 2.27. The standard InChI is InChI=1S/C14H16ClN3O2/c1-20-8-7-18-14(19)17-6-5-10-3-2-4-12(15)11(10)9-13(17)16-18/h2-4H,5-9H2,1H3. The molecule has 0 unspecified atom stereocenters. The van der Waals surface area contributed by atoms with E-state index in [-0.39, 0.29) is 5.69 Å². The average molecular weight is 294 g/mol. The van der Waals surface area contributed by atoms with Gasteiger partial charge in [0.1, 0.15) is 5.82 Å². The molecule has 106 valence electrons. The summed E-state index contributed by atoms with van der Waals surface area (Å²) in [6.45, 7) is 1.60. The number of fused-ring (bicyclic) bond motifs is 2. The van der Waals surface area contributed by atoms with Crippen LogP contribution in [0.25, 0.3) is 0 Å². The van der Waals surface area contributed by atoms with Gasteiger partial charge < -0.3 is 4.74 Å². The Kier molecular flexibility index (Phi) is 3.63. The Morgan fingerprint density at radius 3 is 3.10 bits per heavy atom. The van der Waals surface area contributed by atoms with E-state index >= 15 is 0 Å². The van der Waals surface area contributed by atoms with Gasteiger partial charge in [0.05, 0.1) is 13.2 Å². The highest BCUT2D eigenvalue weighted by molar-refractivity contribution is 6.31. The van der Waals surface area contributed by atoms with Crippen molar-refractivity contribution in [2.24, 2.45) is 0 Å². The van der Waals surface area contributed by atoms with E-state index in [1.54, 1.807) is 11.7 Å². The molecule has 1 aliphatic heterocycles. The van der Waals surface area contributed by atoms with E-state index < -0.39 is 0 Å². The van der Waals surface area contributed by atoms with Gasteiger partial charge in [-0.05, 0) is 23.6 Å². The van der Waals surface area contributed by atoms with Crippen LogP contribution in [0.15, 0.2) is 23.0 Å². The van der Waals surface area contributed by atoms with Gasteiger partial charge >= 0.3 is 5.69 Å². The van der Waals surface area contributed by atoms with Crippen molar-refractivity contribution < 1.29 is 4.74 Å². The summed E-state index contributed by atoms with van der Waals surface area (Å²) in [5.74, 6) is 0.776. The molecule has 2 heterocycles. The van der Waals surface area contributed by atoms with Crippen LogP contribution in [-0.4, -0.2) is 28.1 Å². The van der Waals surface area contributed by atoms with Crippen LogP contribution in [0.3, 0.4) is 0 Å². The van der Waals surface area contributed by atoms with Crippen molar-refractivity contribution in [3.8, 4) is 0 Å². The predicted octanol–water partition coefficient (Wildman–Crippen LogP) is 1.49. The highest BCUT2D eigenvalue weighted by Gasteiger charge is 2.20. The number of ether oxygens (including phenoxy) is 1. The van der Waals surface area contributed by atoms with Crippen LogP contribution in [-0.2, 0) is 30.7 Å². The Hall–Kier alpha value is -1.59. The molecule has 3 rings (SSSR count). The number of rotatable bonds is 3. The topological polar surface area (TPSA) is 49.0 Å². The molecule has 6 heteroatoms. The van der Waals surface area contributed by atoms with Gasteiger partial charge in [0.2, 0.25) is 0 Å². The second kappa shape index (κ2) is 5.42. The van der Waals surface area contributed by atoms with E-state index in [2.05, 4.69) is 11.2 Å². The molecule has 2 aromatic rings. The Morgan fingerprint density at radius 2 is 2.30 bits per heavy atom. The maximum absolute atomic E-state index is 12.3. The summed E-state index contributed by atoms with van der Waals surface area (Å²) in [6.07, 6.45) is 1.41. The van der Waals surface area contributed by atoms with Crippen molar-refractivity contribution in [2.45, 2.75) is 25.9 Å². The summed E-state index contributed by atoms with van der Waals surface area (Å²) in [6, 6.07) is 5.90. The molecule has 0 N–H and O–H groups in total. The summed E-state index contributed by atoms with van der Waals surface area (Å²) >= 11 is 6.27. The number of aromatic nitrogens is 3. The summed E-state index contributed by atoms with van der Waals surface area (Å²) in [5, 5.41) is 5.16. The number of hydrogen-bond donors (Lipinski definition) is 0. The van der Waals surface area contributed by atoms with Crippen molar-refractivity contribution in [1.29, 1.82) is 0 Å². The normalized spacial score (nSPS) is 13.7. The van der Waals surface area contributed by atoms with Crippen molar-refractivity contribution >= 4 is 11.6 Å². The maximum atomic E-state index is 12.3. The van der Waals surface area contributed by atoms with Gasteiger partial charge in [-0.3, -0.25) is 4.57 Å². The van der Waals surface area contributed by atoms with Gasteiger partial charge in [0, 0.05) is 25.1 Å². The van der Waals surface area contributed by atoms with Crippen LogP contribution in [0.2, 0.25) is 5.02 Å². The zero-order chi connectivity index (χ0) is 14.1. The lowest BCUT2D eigenvalue weighted by molar-refractivity contribution is 0.182. The third-order valence-electron chi connectivity index (χ3n) is 3.66. The maximum Gasteiger partial charge on any atom is 0.346 e. The van der Waals surface area contributed by atoms with E-state index in [4.69, 9.17) is 16.3 Å². The lowest BCUT2D eigenvalue weighted by Crippen LogP contribution is -2.27. The zero-order valence-electron chi connectivity index (χ0n) is 11.3. The molecule has 5 nitrogen and oxygen atoms in total. The largest absolute Gasteiger partial charge is 0.383 e. The van der Waals surface area contributed by atoms with Crippen molar-refractivity contribution in [2.75, 3.05) is 13.7 Å². The molecule has 1 aromatic heterocycles. The molecule has 0 fully saturated rings. The number of halogens is 1. The molecular weight excluding hydrogens is 278 g/mol. The molecule has 1 aliphatic rings. The highest BCUT2D eigenvalue weighted by atomic mass is 35.5. The fraction of sp³-hybridized carbons (Fsp3) is 0.429. The van der Waals surface area contributed by atoms with Gasteiger partial charge in [-0.1, -0.05) is 23.7 Å². The molecule has 20 heavy (non-hydrogen) atoms. The number of hydrogen-bond acceptors (Lipinski definition) is 3. The average Bonchev–Trinajstić information content (AvgIpc) is 2.62. The highest BCUT2D eigenvalue weighted by Crippen LogP contribution is 2.25. The Bertz CT molecular complexity index is 690. The quantitative estimate of drug-likeness (QED) is 0.861. The van der Waals surface area contributed by atoms with Crippen LogP contribution >= 0.6 is 11.6 Å². The first-order valence-electron chi connectivity index (χ1n) is 6.62. The first-order valence-corrected chi connectivity index (χ1v) is 7.00. The minimum Gasteiger partial charge on any atom is -0.383 e. The number of benzene rings is 1. The van der Waals surface area contributed by atoms with E-state index in [9.17, 15) is 4.79 Å². The predicted molar refractivity (Wildman–Crippen MR) is 76.3 cm³/mol. The lowest BCUT2D eigenvalue weighted by atomic mass is 10.0. The lowest BCUT2D eigenvalue weighted by Gasteiger charge is -2.06.